The fourth-order valence-electron chi connectivity index (χ4n) is 3.36. The molecule has 144 valence electrons. The lowest BCUT2D eigenvalue weighted by Gasteiger charge is -2.12. The van der Waals surface area contributed by atoms with Gasteiger partial charge < -0.3 is 5.32 Å². The molecular weight excluding hydrogens is 358 g/mol. The Labute approximate surface area is 170 Å². The van der Waals surface area contributed by atoms with Gasteiger partial charge in [-0.25, -0.2) is 4.98 Å². The number of benzene rings is 2. The molecule has 4 nitrogen and oxygen atoms in total. The zero-order valence-corrected chi connectivity index (χ0v) is 16.9. The Morgan fingerprint density at radius 1 is 0.966 bits per heavy atom. The predicted octanol–water partition coefficient (Wildman–Crippen LogP) is 5.15. The number of carbonyl (C=O) groups is 1. The smallest absolute Gasteiger partial charge is 0.252 e. The highest BCUT2D eigenvalue weighted by Gasteiger charge is 2.14. The van der Waals surface area contributed by atoms with Crippen LogP contribution in [0.4, 0.5) is 0 Å². The van der Waals surface area contributed by atoms with Crippen molar-refractivity contribution < 1.29 is 4.79 Å². The van der Waals surface area contributed by atoms with Gasteiger partial charge in [-0.05, 0) is 67.8 Å². The largest absolute Gasteiger partial charge is 0.348 e. The first-order chi connectivity index (χ1) is 14.0. The van der Waals surface area contributed by atoms with Gasteiger partial charge in [0.25, 0.3) is 5.91 Å². The molecule has 0 atom stereocenters. The second-order valence-electron chi connectivity index (χ2n) is 7.42. The Morgan fingerprint density at radius 3 is 2.59 bits per heavy atom. The zero-order valence-electron chi connectivity index (χ0n) is 16.9. The van der Waals surface area contributed by atoms with E-state index in [4.69, 9.17) is 4.98 Å². The lowest BCUT2D eigenvalue weighted by Crippen LogP contribution is -2.23. The summed E-state index contributed by atoms with van der Waals surface area (Å²) in [6, 6.07) is 18.0. The van der Waals surface area contributed by atoms with Gasteiger partial charge in [0.1, 0.15) is 0 Å². The van der Waals surface area contributed by atoms with Gasteiger partial charge in [-0.15, -0.1) is 0 Å². The molecule has 0 radical (unpaired) electrons. The zero-order chi connectivity index (χ0) is 20.4. The third kappa shape index (κ3) is 4.02. The van der Waals surface area contributed by atoms with Crippen LogP contribution in [0.1, 0.15) is 32.6 Å². The number of pyridine rings is 2. The topological polar surface area (TPSA) is 54.9 Å². The molecule has 2 aromatic heterocycles. The Balaban J connectivity index is 1.77. The fraction of sp³-hybridized carbons (Fsp3) is 0.160. The molecule has 0 bridgehead atoms. The van der Waals surface area contributed by atoms with E-state index in [1.165, 1.54) is 11.1 Å². The molecule has 0 aliphatic carbocycles. The number of amides is 1. The normalized spacial score (nSPS) is 10.9. The van der Waals surface area contributed by atoms with Crippen LogP contribution in [0.2, 0.25) is 0 Å². The van der Waals surface area contributed by atoms with Crippen LogP contribution in [0, 0.1) is 20.8 Å². The van der Waals surface area contributed by atoms with Crippen LogP contribution in [0.3, 0.4) is 0 Å². The molecule has 0 fully saturated rings. The number of hydrogen-bond acceptors (Lipinski definition) is 3. The van der Waals surface area contributed by atoms with Crippen molar-refractivity contribution in [2.45, 2.75) is 27.3 Å². The number of rotatable bonds is 4. The van der Waals surface area contributed by atoms with E-state index in [0.717, 1.165) is 33.3 Å². The molecule has 1 N–H and O–H groups in total. The van der Waals surface area contributed by atoms with E-state index in [2.05, 4.69) is 42.3 Å². The van der Waals surface area contributed by atoms with Crippen molar-refractivity contribution in [2.75, 3.05) is 0 Å². The van der Waals surface area contributed by atoms with Crippen molar-refractivity contribution in [1.82, 2.24) is 15.3 Å². The average Bonchev–Trinajstić information content (AvgIpc) is 2.74. The highest BCUT2D eigenvalue weighted by Crippen LogP contribution is 2.27. The van der Waals surface area contributed by atoms with E-state index in [9.17, 15) is 4.79 Å². The van der Waals surface area contributed by atoms with Crippen molar-refractivity contribution in [3.8, 4) is 11.3 Å². The highest BCUT2D eigenvalue weighted by atomic mass is 16.1. The first-order valence-corrected chi connectivity index (χ1v) is 9.67. The van der Waals surface area contributed by atoms with Crippen LogP contribution in [0.5, 0.6) is 0 Å². The van der Waals surface area contributed by atoms with Crippen LogP contribution in [0.25, 0.3) is 22.2 Å². The summed E-state index contributed by atoms with van der Waals surface area (Å²) in [6.45, 7) is 6.63. The molecule has 2 aromatic carbocycles. The number of nitrogens with one attached hydrogen (secondary N) is 1. The van der Waals surface area contributed by atoms with E-state index >= 15 is 0 Å². The Hall–Kier alpha value is -3.53. The number of fused-ring (bicyclic) bond motifs is 1. The number of aryl methyl sites for hydroxylation is 3. The summed E-state index contributed by atoms with van der Waals surface area (Å²) in [7, 11) is 0. The number of nitrogens with zero attached hydrogens (tertiary/aromatic N) is 2. The minimum atomic E-state index is -0.114. The van der Waals surface area contributed by atoms with E-state index < -0.39 is 0 Å². The molecule has 4 rings (SSSR count). The number of aromatic nitrogens is 2. The standard InChI is InChI=1S/C25H23N3O/c1-16-6-9-23-21(11-16)22(25(29)27-15-19-5-4-10-26-14-19)13-24(28-23)20-8-7-17(2)18(3)12-20/h4-14H,15H2,1-3H3,(H,27,29). The Bertz CT molecular complexity index is 1200. The maximum absolute atomic E-state index is 13.1. The summed E-state index contributed by atoms with van der Waals surface area (Å²) in [4.78, 5) is 22.0. The molecule has 0 saturated heterocycles. The lowest BCUT2D eigenvalue weighted by molar-refractivity contribution is 0.0952. The summed E-state index contributed by atoms with van der Waals surface area (Å²) >= 11 is 0. The Morgan fingerprint density at radius 2 is 1.83 bits per heavy atom. The molecule has 1 amide bonds. The van der Waals surface area contributed by atoms with Crippen molar-refractivity contribution >= 4 is 16.8 Å². The van der Waals surface area contributed by atoms with Crippen LogP contribution in [-0.2, 0) is 6.54 Å². The summed E-state index contributed by atoms with van der Waals surface area (Å²) < 4.78 is 0. The molecule has 0 aliphatic rings. The molecule has 0 saturated carbocycles. The van der Waals surface area contributed by atoms with Crippen molar-refractivity contribution in [1.29, 1.82) is 0 Å². The van der Waals surface area contributed by atoms with Gasteiger partial charge in [0.2, 0.25) is 0 Å². The van der Waals surface area contributed by atoms with Crippen molar-refractivity contribution in [2.24, 2.45) is 0 Å². The van der Waals surface area contributed by atoms with E-state index in [1.54, 1.807) is 12.4 Å². The second kappa shape index (κ2) is 7.84. The third-order valence-electron chi connectivity index (χ3n) is 5.19. The minimum Gasteiger partial charge on any atom is -0.348 e. The van der Waals surface area contributed by atoms with E-state index in [1.807, 2.05) is 43.3 Å². The molecule has 4 heteroatoms. The monoisotopic (exact) mass is 381 g/mol. The van der Waals surface area contributed by atoms with Crippen molar-refractivity contribution in [3.63, 3.8) is 0 Å². The maximum atomic E-state index is 13.1. The van der Waals surface area contributed by atoms with Crippen LogP contribution in [0.15, 0.2) is 67.0 Å². The highest BCUT2D eigenvalue weighted by molar-refractivity contribution is 6.07. The molecule has 0 unspecified atom stereocenters. The van der Waals surface area contributed by atoms with E-state index in [-0.39, 0.29) is 5.91 Å². The quantitative estimate of drug-likeness (QED) is 0.532. The van der Waals surface area contributed by atoms with Gasteiger partial charge in [0.05, 0.1) is 16.8 Å². The minimum absolute atomic E-state index is 0.114. The molecule has 29 heavy (non-hydrogen) atoms. The lowest BCUT2D eigenvalue weighted by atomic mass is 9.99. The molecular formula is C25H23N3O. The van der Waals surface area contributed by atoms with Crippen LogP contribution >= 0.6 is 0 Å². The predicted molar refractivity (Wildman–Crippen MR) is 117 cm³/mol. The molecule has 0 aliphatic heterocycles. The Kier molecular flexibility index (Phi) is 5.09. The van der Waals surface area contributed by atoms with Crippen LogP contribution in [-0.4, -0.2) is 15.9 Å². The summed E-state index contributed by atoms with van der Waals surface area (Å²) in [6.07, 6.45) is 3.48. The maximum Gasteiger partial charge on any atom is 0.252 e. The molecule has 0 spiro atoms. The third-order valence-corrected chi connectivity index (χ3v) is 5.19. The summed E-state index contributed by atoms with van der Waals surface area (Å²) in [5, 5.41) is 3.88. The first-order valence-electron chi connectivity index (χ1n) is 9.67. The SMILES string of the molecule is Cc1ccc2nc(-c3ccc(C)c(C)c3)cc(C(=O)NCc3cccnc3)c2c1. The number of carbonyl (C=O) groups excluding carboxylic acids is 1. The average molecular weight is 381 g/mol. The van der Waals surface area contributed by atoms with Gasteiger partial charge in [-0.3, -0.25) is 9.78 Å². The summed E-state index contributed by atoms with van der Waals surface area (Å²) in [5.41, 5.74) is 7.77. The fourth-order valence-corrected chi connectivity index (χ4v) is 3.36. The van der Waals surface area contributed by atoms with Gasteiger partial charge in [0, 0.05) is 29.9 Å². The summed E-state index contributed by atoms with van der Waals surface area (Å²) in [5.74, 6) is -0.114. The van der Waals surface area contributed by atoms with Gasteiger partial charge in [-0.1, -0.05) is 29.8 Å². The van der Waals surface area contributed by atoms with Gasteiger partial charge in [0.15, 0.2) is 0 Å². The van der Waals surface area contributed by atoms with E-state index in [0.29, 0.717) is 12.1 Å². The van der Waals surface area contributed by atoms with Gasteiger partial charge >= 0.3 is 0 Å². The first kappa shape index (κ1) is 18.8. The second-order valence-corrected chi connectivity index (χ2v) is 7.42. The van der Waals surface area contributed by atoms with Crippen molar-refractivity contribution in [3.05, 3.63) is 94.8 Å². The number of hydrogen-bond donors (Lipinski definition) is 1. The van der Waals surface area contributed by atoms with Gasteiger partial charge in [-0.2, -0.15) is 0 Å². The molecule has 2 heterocycles. The van der Waals surface area contributed by atoms with Crippen LogP contribution < -0.4 is 5.32 Å². The molecule has 4 aromatic rings.